The molecule has 2 aromatic rings. The lowest BCUT2D eigenvalue weighted by Gasteiger charge is -2.04. The smallest absolute Gasteiger partial charge is 0.240 e. The molecule has 7 heteroatoms. The molecule has 0 unspecified atom stereocenters. The second-order valence-electron chi connectivity index (χ2n) is 3.09. The summed E-state index contributed by atoms with van der Waals surface area (Å²) in [6, 6.07) is 3.85. The van der Waals surface area contributed by atoms with Crippen LogP contribution in [0.2, 0.25) is 0 Å². The minimum absolute atomic E-state index is 0.124. The third-order valence-corrected chi connectivity index (χ3v) is 2.55. The summed E-state index contributed by atoms with van der Waals surface area (Å²) in [6.45, 7) is 1.83. The van der Waals surface area contributed by atoms with Crippen molar-refractivity contribution in [3.8, 4) is 11.9 Å². The van der Waals surface area contributed by atoms with Crippen LogP contribution in [0, 0.1) is 18.3 Å². The zero-order chi connectivity index (χ0) is 11.7. The minimum Gasteiger partial charge on any atom is -0.366 e. The fourth-order valence-electron chi connectivity index (χ4n) is 1.29. The zero-order valence-corrected chi connectivity index (χ0v) is 9.93. The van der Waals surface area contributed by atoms with Crippen molar-refractivity contribution in [2.75, 3.05) is 5.73 Å². The first-order valence-electron chi connectivity index (χ1n) is 4.37. The monoisotopic (exact) mass is 278 g/mol. The van der Waals surface area contributed by atoms with Crippen LogP contribution in [0.25, 0.3) is 5.82 Å². The SMILES string of the molecule is Cc1ccnc(-n2nc(N)nc2Br)c1C#N. The van der Waals surface area contributed by atoms with Crippen LogP contribution in [0.3, 0.4) is 0 Å². The highest BCUT2D eigenvalue weighted by Gasteiger charge is 2.13. The molecular weight excluding hydrogens is 272 g/mol. The van der Waals surface area contributed by atoms with Gasteiger partial charge in [-0.05, 0) is 34.5 Å². The van der Waals surface area contributed by atoms with Crippen LogP contribution in [-0.4, -0.2) is 19.7 Å². The van der Waals surface area contributed by atoms with Gasteiger partial charge in [0.05, 0.1) is 5.56 Å². The summed E-state index contributed by atoms with van der Waals surface area (Å²) < 4.78 is 1.81. The fraction of sp³-hybridized carbons (Fsp3) is 0.111. The van der Waals surface area contributed by atoms with Crippen LogP contribution in [0.4, 0.5) is 5.95 Å². The first-order chi connectivity index (χ1) is 7.63. The Labute approximate surface area is 99.9 Å². The molecule has 0 spiro atoms. The molecule has 2 N–H and O–H groups in total. The fourth-order valence-corrected chi connectivity index (χ4v) is 1.71. The van der Waals surface area contributed by atoms with Crippen LogP contribution in [0.1, 0.15) is 11.1 Å². The number of nitrogen functional groups attached to an aromatic ring is 1. The summed E-state index contributed by atoms with van der Waals surface area (Å²) >= 11 is 3.20. The lowest BCUT2D eigenvalue weighted by atomic mass is 10.1. The molecule has 2 aromatic heterocycles. The molecule has 0 amide bonds. The molecule has 16 heavy (non-hydrogen) atoms. The van der Waals surface area contributed by atoms with Gasteiger partial charge in [0.25, 0.3) is 0 Å². The molecule has 0 aromatic carbocycles. The number of hydrogen-bond acceptors (Lipinski definition) is 5. The van der Waals surface area contributed by atoms with Gasteiger partial charge in [0, 0.05) is 6.20 Å². The van der Waals surface area contributed by atoms with Crippen molar-refractivity contribution in [1.82, 2.24) is 19.7 Å². The molecule has 0 atom stereocenters. The van der Waals surface area contributed by atoms with Gasteiger partial charge in [0.2, 0.25) is 10.7 Å². The first kappa shape index (κ1) is 10.6. The Morgan fingerprint density at radius 1 is 1.56 bits per heavy atom. The Hall–Kier alpha value is -1.94. The molecule has 2 heterocycles. The molecule has 6 nitrogen and oxygen atoms in total. The third kappa shape index (κ3) is 1.63. The average molecular weight is 279 g/mol. The Balaban J connectivity index is 2.70. The number of aromatic nitrogens is 4. The maximum Gasteiger partial charge on any atom is 0.240 e. The number of hydrogen-bond donors (Lipinski definition) is 1. The third-order valence-electron chi connectivity index (χ3n) is 2.04. The maximum atomic E-state index is 9.06. The number of halogens is 1. The lowest BCUT2D eigenvalue weighted by molar-refractivity contribution is 0.822. The highest BCUT2D eigenvalue weighted by Crippen LogP contribution is 2.18. The Morgan fingerprint density at radius 2 is 2.31 bits per heavy atom. The predicted octanol–water partition coefficient (Wildman–Crippen LogP) is 1.19. The summed E-state index contributed by atoms with van der Waals surface area (Å²) in [6.07, 6.45) is 1.61. The van der Waals surface area contributed by atoms with E-state index in [0.717, 1.165) is 5.56 Å². The van der Waals surface area contributed by atoms with Crippen molar-refractivity contribution >= 4 is 21.9 Å². The number of nitrogens with two attached hydrogens (primary N) is 1. The van der Waals surface area contributed by atoms with E-state index in [1.54, 1.807) is 12.3 Å². The molecule has 0 saturated heterocycles. The Bertz CT molecular complexity index is 582. The summed E-state index contributed by atoms with van der Waals surface area (Å²) in [5.74, 6) is 0.539. The normalized spacial score (nSPS) is 10.1. The zero-order valence-electron chi connectivity index (χ0n) is 8.35. The maximum absolute atomic E-state index is 9.06. The first-order valence-corrected chi connectivity index (χ1v) is 5.17. The van der Waals surface area contributed by atoms with Crippen LogP contribution < -0.4 is 5.73 Å². The van der Waals surface area contributed by atoms with Crippen molar-refractivity contribution in [3.05, 3.63) is 28.1 Å². The van der Waals surface area contributed by atoms with E-state index in [2.05, 4.69) is 37.1 Å². The molecule has 0 fully saturated rings. The van der Waals surface area contributed by atoms with Crippen LogP contribution in [0.15, 0.2) is 17.0 Å². The van der Waals surface area contributed by atoms with E-state index >= 15 is 0 Å². The second-order valence-corrected chi connectivity index (χ2v) is 3.80. The van der Waals surface area contributed by atoms with Gasteiger partial charge in [-0.15, -0.1) is 5.10 Å². The molecule has 0 saturated carbocycles. The van der Waals surface area contributed by atoms with Crippen LogP contribution in [0.5, 0.6) is 0 Å². The Kier molecular flexibility index (Phi) is 2.58. The van der Waals surface area contributed by atoms with Crippen LogP contribution >= 0.6 is 15.9 Å². The van der Waals surface area contributed by atoms with Crippen molar-refractivity contribution in [2.45, 2.75) is 6.92 Å². The van der Waals surface area contributed by atoms with E-state index in [1.807, 2.05) is 6.92 Å². The van der Waals surface area contributed by atoms with Gasteiger partial charge < -0.3 is 5.73 Å². The topological polar surface area (TPSA) is 93.4 Å². The van der Waals surface area contributed by atoms with Gasteiger partial charge in [-0.3, -0.25) is 0 Å². The van der Waals surface area contributed by atoms with E-state index in [9.17, 15) is 0 Å². The molecule has 2 rings (SSSR count). The number of nitrogens with zero attached hydrogens (tertiary/aromatic N) is 5. The largest absolute Gasteiger partial charge is 0.366 e. The van der Waals surface area contributed by atoms with E-state index < -0.39 is 0 Å². The van der Waals surface area contributed by atoms with Crippen molar-refractivity contribution in [1.29, 1.82) is 5.26 Å². The van der Waals surface area contributed by atoms with Crippen molar-refractivity contribution < 1.29 is 0 Å². The summed E-state index contributed by atoms with van der Waals surface area (Å²) in [4.78, 5) is 8.00. The average Bonchev–Trinajstić information content (AvgIpc) is 2.57. The molecule has 0 bridgehead atoms. The molecule has 0 aliphatic carbocycles. The second kappa shape index (κ2) is 3.90. The summed E-state index contributed by atoms with van der Waals surface area (Å²) in [7, 11) is 0. The molecule has 0 aliphatic heterocycles. The minimum atomic E-state index is 0.124. The van der Waals surface area contributed by atoms with Crippen molar-refractivity contribution in [2.24, 2.45) is 0 Å². The number of nitriles is 1. The van der Waals surface area contributed by atoms with Gasteiger partial charge in [-0.25, -0.2) is 4.98 Å². The van der Waals surface area contributed by atoms with Gasteiger partial charge in [-0.2, -0.15) is 14.9 Å². The number of pyridine rings is 1. The predicted molar refractivity (Wildman–Crippen MR) is 60.7 cm³/mol. The van der Waals surface area contributed by atoms with E-state index in [4.69, 9.17) is 11.0 Å². The number of anilines is 1. The quantitative estimate of drug-likeness (QED) is 0.846. The number of aryl methyl sites for hydroxylation is 1. The van der Waals surface area contributed by atoms with E-state index in [1.165, 1.54) is 4.68 Å². The standard InChI is InChI=1S/C9H7BrN6/c1-5-2-3-13-7(6(5)4-11)16-8(10)14-9(12)15-16/h2-3H,1H3,(H2,12,15). The lowest BCUT2D eigenvalue weighted by Crippen LogP contribution is -2.04. The molecule has 0 aliphatic rings. The molecule has 80 valence electrons. The number of rotatable bonds is 1. The Morgan fingerprint density at radius 3 is 2.88 bits per heavy atom. The summed E-state index contributed by atoms with van der Waals surface area (Å²) in [5, 5.41) is 13.0. The molecular formula is C9H7BrN6. The van der Waals surface area contributed by atoms with Gasteiger partial charge >= 0.3 is 0 Å². The van der Waals surface area contributed by atoms with E-state index in [0.29, 0.717) is 16.1 Å². The van der Waals surface area contributed by atoms with Crippen LogP contribution in [-0.2, 0) is 0 Å². The van der Waals surface area contributed by atoms with E-state index in [-0.39, 0.29) is 5.95 Å². The molecule has 0 radical (unpaired) electrons. The highest BCUT2D eigenvalue weighted by atomic mass is 79.9. The van der Waals surface area contributed by atoms with Gasteiger partial charge in [0.1, 0.15) is 6.07 Å². The summed E-state index contributed by atoms with van der Waals surface area (Å²) in [5.41, 5.74) is 6.74. The van der Waals surface area contributed by atoms with Gasteiger partial charge in [-0.1, -0.05) is 0 Å². The van der Waals surface area contributed by atoms with Crippen molar-refractivity contribution in [3.63, 3.8) is 0 Å². The highest BCUT2D eigenvalue weighted by molar-refractivity contribution is 9.10. The van der Waals surface area contributed by atoms with Gasteiger partial charge in [0.15, 0.2) is 5.82 Å².